The molecule has 0 aromatic rings. The third-order valence-corrected chi connectivity index (χ3v) is 4.53. The summed E-state index contributed by atoms with van der Waals surface area (Å²) in [5.74, 6) is 2.45. The van der Waals surface area contributed by atoms with Crippen LogP contribution in [0.15, 0.2) is 0 Å². The molecule has 2 fully saturated rings. The quantitative estimate of drug-likeness (QED) is 0.797. The van der Waals surface area contributed by atoms with Gasteiger partial charge in [-0.3, -0.25) is 9.59 Å². The number of hydrogen-bond donors (Lipinski definition) is 1. The zero-order chi connectivity index (χ0) is 12.4. The van der Waals surface area contributed by atoms with E-state index in [4.69, 9.17) is 0 Å². The highest BCUT2D eigenvalue weighted by Gasteiger charge is 2.38. The first-order chi connectivity index (χ1) is 8.09. The van der Waals surface area contributed by atoms with E-state index in [1.54, 1.807) is 0 Å². The van der Waals surface area contributed by atoms with E-state index in [1.807, 2.05) is 30.5 Å². The topological polar surface area (TPSA) is 49.4 Å². The van der Waals surface area contributed by atoms with Gasteiger partial charge in [-0.2, -0.15) is 11.8 Å². The van der Waals surface area contributed by atoms with Gasteiger partial charge in [0.05, 0.1) is 6.54 Å². The number of amides is 2. The lowest BCUT2D eigenvalue weighted by Crippen LogP contribution is -2.62. The second-order valence-corrected chi connectivity index (χ2v) is 6.32. The molecule has 0 radical (unpaired) electrons. The first-order valence-corrected chi connectivity index (χ1v) is 7.42. The molecule has 96 valence electrons. The van der Waals surface area contributed by atoms with Crippen LogP contribution in [0.5, 0.6) is 0 Å². The Hall–Kier alpha value is -0.710. The Morgan fingerprint density at radius 2 is 1.94 bits per heavy atom. The van der Waals surface area contributed by atoms with Crippen molar-refractivity contribution in [1.82, 2.24) is 10.2 Å². The van der Waals surface area contributed by atoms with Gasteiger partial charge in [-0.05, 0) is 30.3 Å². The summed E-state index contributed by atoms with van der Waals surface area (Å²) in [5, 5.41) is 2.80. The SMILES string of the molecule is CC(C)C1NC(=O)CN(C2CCSCC2)C1=O. The van der Waals surface area contributed by atoms with Crippen LogP contribution in [0, 0.1) is 5.92 Å². The van der Waals surface area contributed by atoms with Crippen LogP contribution < -0.4 is 5.32 Å². The van der Waals surface area contributed by atoms with Crippen LogP contribution in [-0.2, 0) is 9.59 Å². The monoisotopic (exact) mass is 256 g/mol. The van der Waals surface area contributed by atoms with Crippen molar-refractivity contribution < 1.29 is 9.59 Å². The summed E-state index contributed by atoms with van der Waals surface area (Å²) in [7, 11) is 0. The predicted octanol–water partition coefficient (Wildman–Crippen LogP) is 0.865. The summed E-state index contributed by atoms with van der Waals surface area (Å²) < 4.78 is 0. The Morgan fingerprint density at radius 3 is 2.53 bits per heavy atom. The first kappa shape index (κ1) is 12.7. The minimum atomic E-state index is -0.328. The normalized spacial score (nSPS) is 27.5. The zero-order valence-corrected chi connectivity index (χ0v) is 11.3. The standard InChI is InChI=1S/C12H20N2O2S/c1-8(2)11-12(16)14(7-10(15)13-11)9-3-5-17-6-4-9/h8-9,11H,3-7H2,1-2H3,(H,13,15). The van der Waals surface area contributed by atoms with E-state index in [0.717, 1.165) is 24.3 Å². The Morgan fingerprint density at radius 1 is 1.29 bits per heavy atom. The van der Waals surface area contributed by atoms with Gasteiger partial charge in [0.15, 0.2) is 0 Å². The van der Waals surface area contributed by atoms with Crippen molar-refractivity contribution in [2.45, 2.75) is 38.8 Å². The minimum Gasteiger partial charge on any atom is -0.343 e. The summed E-state index contributed by atoms with van der Waals surface area (Å²) in [4.78, 5) is 25.8. The van der Waals surface area contributed by atoms with Gasteiger partial charge in [0.1, 0.15) is 6.04 Å². The third kappa shape index (κ3) is 2.76. The molecule has 0 spiro atoms. The summed E-state index contributed by atoms with van der Waals surface area (Å²) in [5.41, 5.74) is 0. The molecule has 2 aliphatic heterocycles. The number of rotatable bonds is 2. The average molecular weight is 256 g/mol. The molecule has 2 amide bonds. The fourth-order valence-corrected chi connectivity index (χ4v) is 3.53. The molecule has 1 unspecified atom stereocenters. The van der Waals surface area contributed by atoms with Crippen molar-refractivity contribution in [2.24, 2.45) is 5.92 Å². The highest BCUT2D eigenvalue weighted by molar-refractivity contribution is 7.99. The molecule has 17 heavy (non-hydrogen) atoms. The van der Waals surface area contributed by atoms with Crippen LogP contribution in [0.4, 0.5) is 0 Å². The van der Waals surface area contributed by atoms with E-state index in [-0.39, 0.29) is 36.4 Å². The second-order valence-electron chi connectivity index (χ2n) is 5.10. The van der Waals surface area contributed by atoms with Gasteiger partial charge in [-0.25, -0.2) is 0 Å². The highest BCUT2D eigenvalue weighted by atomic mass is 32.2. The molecule has 0 aliphatic carbocycles. The average Bonchev–Trinajstić information content (AvgIpc) is 2.32. The van der Waals surface area contributed by atoms with Gasteiger partial charge in [0.2, 0.25) is 11.8 Å². The Kier molecular flexibility index (Phi) is 3.97. The molecule has 5 heteroatoms. The number of piperazine rings is 1. The molecular weight excluding hydrogens is 236 g/mol. The largest absolute Gasteiger partial charge is 0.343 e. The lowest BCUT2D eigenvalue weighted by molar-refractivity contribution is -0.148. The zero-order valence-electron chi connectivity index (χ0n) is 10.4. The Balaban J connectivity index is 2.09. The number of thioether (sulfide) groups is 1. The minimum absolute atomic E-state index is 0.0125. The maximum Gasteiger partial charge on any atom is 0.246 e. The van der Waals surface area contributed by atoms with Crippen LogP contribution in [-0.4, -0.2) is 46.8 Å². The molecule has 0 bridgehead atoms. The molecule has 1 N–H and O–H groups in total. The highest BCUT2D eigenvalue weighted by Crippen LogP contribution is 2.24. The maximum absolute atomic E-state index is 12.3. The van der Waals surface area contributed by atoms with Crippen molar-refractivity contribution in [2.75, 3.05) is 18.1 Å². The van der Waals surface area contributed by atoms with Crippen molar-refractivity contribution in [3.63, 3.8) is 0 Å². The molecule has 4 nitrogen and oxygen atoms in total. The van der Waals surface area contributed by atoms with E-state index >= 15 is 0 Å². The number of hydrogen-bond acceptors (Lipinski definition) is 3. The van der Waals surface area contributed by atoms with Crippen LogP contribution in [0.25, 0.3) is 0 Å². The van der Waals surface area contributed by atoms with Gasteiger partial charge in [0.25, 0.3) is 0 Å². The summed E-state index contributed by atoms with van der Waals surface area (Å²) >= 11 is 1.93. The molecule has 2 heterocycles. The molecule has 0 aromatic carbocycles. The Bertz CT molecular complexity index is 314. The van der Waals surface area contributed by atoms with E-state index in [0.29, 0.717) is 0 Å². The van der Waals surface area contributed by atoms with E-state index < -0.39 is 0 Å². The second kappa shape index (κ2) is 5.29. The van der Waals surface area contributed by atoms with Crippen LogP contribution in [0.1, 0.15) is 26.7 Å². The van der Waals surface area contributed by atoms with Gasteiger partial charge in [-0.15, -0.1) is 0 Å². The number of carbonyl (C=O) groups is 2. The lowest BCUT2D eigenvalue weighted by atomic mass is 9.98. The summed E-state index contributed by atoms with van der Waals surface area (Å²) in [6.45, 7) is 4.20. The van der Waals surface area contributed by atoms with Gasteiger partial charge >= 0.3 is 0 Å². The molecule has 1 atom stereocenters. The Labute approximate surface area is 106 Å². The fraction of sp³-hybridized carbons (Fsp3) is 0.833. The summed E-state index contributed by atoms with van der Waals surface area (Å²) in [6.07, 6.45) is 2.04. The fourth-order valence-electron chi connectivity index (χ4n) is 2.45. The van der Waals surface area contributed by atoms with Gasteiger partial charge in [0, 0.05) is 6.04 Å². The third-order valence-electron chi connectivity index (χ3n) is 3.48. The van der Waals surface area contributed by atoms with Crippen LogP contribution in [0.3, 0.4) is 0 Å². The first-order valence-electron chi connectivity index (χ1n) is 6.27. The van der Waals surface area contributed by atoms with E-state index in [2.05, 4.69) is 5.32 Å². The van der Waals surface area contributed by atoms with E-state index in [1.165, 1.54) is 0 Å². The van der Waals surface area contributed by atoms with Crippen molar-refractivity contribution >= 4 is 23.6 Å². The van der Waals surface area contributed by atoms with Crippen LogP contribution >= 0.6 is 11.8 Å². The van der Waals surface area contributed by atoms with E-state index in [9.17, 15) is 9.59 Å². The number of carbonyl (C=O) groups excluding carboxylic acids is 2. The molecule has 0 saturated carbocycles. The molecule has 2 rings (SSSR count). The lowest BCUT2D eigenvalue weighted by Gasteiger charge is -2.40. The van der Waals surface area contributed by atoms with Crippen molar-refractivity contribution in [3.05, 3.63) is 0 Å². The van der Waals surface area contributed by atoms with Crippen molar-refractivity contribution in [3.8, 4) is 0 Å². The summed E-state index contributed by atoms with van der Waals surface area (Å²) in [6, 6.07) is -0.0538. The molecule has 2 aliphatic rings. The van der Waals surface area contributed by atoms with Gasteiger partial charge < -0.3 is 10.2 Å². The molecule has 2 saturated heterocycles. The number of nitrogens with zero attached hydrogens (tertiary/aromatic N) is 1. The maximum atomic E-state index is 12.3. The van der Waals surface area contributed by atoms with Crippen LogP contribution in [0.2, 0.25) is 0 Å². The number of nitrogens with one attached hydrogen (secondary N) is 1. The smallest absolute Gasteiger partial charge is 0.246 e. The predicted molar refractivity (Wildman–Crippen MR) is 68.8 cm³/mol. The molecule has 0 aromatic heterocycles. The molecular formula is C12H20N2O2S. The van der Waals surface area contributed by atoms with Gasteiger partial charge in [-0.1, -0.05) is 13.8 Å². The van der Waals surface area contributed by atoms with Crippen molar-refractivity contribution in [1.29, 1.82) is 0 Å².